The van der Waals surface area contributed by atoms with Crippen LogP contribution in [0.25, 0.3) is 17.0 Å². The van der Waals surface area contributed by atoms with Crippen LogP contribution < -0.4 is 10.4 Å². The molecule has 3 aromatic rings. The molecule has 0 aliphatic rings. The summed E-state index contributed by atoms with van der Waals surface area (Å²) in [5.41, 5.74) is 0.694. The minimum absolute atomic E-state index is 0.0217. The van der Waals surface area contributed by atoms with Crippen LogP contribution in [0.2, 0.25) is 0 Å². The van der Waals surface area contributed by atoms with Crippen molar-refractivity contribution in [3.05, 3.63) is 82.2 Å². The number of rotatable bonds is 4. The van der Waals surface area contributed by atoms with Crippen LogP contribution >= 0.6 is 0 Å². The van der Waals surface area contributed by atoms with Crippen molar-refractivity contribution in [3.8, 4) is 5.75 Å². The van der Waals surface area contributed by atoms with Crippen molar-refractivity contribution in [1.29, 1.82) is 0 Å². The predicted octanol–water partition coefficient (Wildman–Crippen LogP) is 3.70. The Balaban J connectivity index is 1.89. The zero-order valence-electron chi connectivity index (χ0n) is 12.5. The van der Waals surface area contributed by atoms with Gasteiger partial charge in [-0.25, -0.2) is 4.79 Å². The summed E-state index contributed by atoms with van der Waals surface area (Å²) in [6.07, 6.45) is 3.01. The molecule has 0 spiro atoms. The highest BCUT2D eigenvalue weighted by atomic mass is 16.5. The fraction of sp³-hybridized carbons (Fsp3) is 0.0526. The van der Waals surface area contributed by atoms with Crippen molar-refractivity contribution in [2.24, 2.45) is 0 Å². The van der Waals surface area contributed by atoms with Gasteiger partial charge in [0.2, 0.25) is 0 Å². The molecule has 4 nitrogen and oxygen atoms in total. The Bertz CT molecular complexity index is 933. The maximum absolute atomic E-state index is 12.2. The van der Waals surface area contributed by atoms with Gasteiger partial charge in [-0.05, 0) is 35.9 Å². The first kappa shape index (κ1) is 14.8. The molecule has 0 radical (unpaired) electrons. The highest BCUT2D eigenvalue weighted by Crippen LogP contribution is 2.15. The summed E-state index contributed by atoms with van der Waals surface area (Å²) >= 11 is 0. The van der Waals surface area contributed by atoms with Gasteiger partial charge in [0.15, 0.2) is 5.78 Å². The van der Waals surface area contributed by atoms with Crippen LogP contribution in [-0.2, 0) is 0 Å². The minimum Gasteiger partial charge on any atom is -0.497 e. The van der Waals surface area contributed by atoms with Gasteiger partial charge in [0.25, 0.3) is 0 Å². The SMILES string of the molecule is COc1ccc(/C=C/C(=O)c2cc3ccccc3oc2=O)cc1. The first-order valence-electron chi connectivity index (χ1n) is 7.07. The van der Waals surface area contributed by atoms with E-state index >= 15 is 0 Å². The van der Waals surface area contributed by atoms with Crippen LogP contribution in [0.3, 0.4) is 0 Å². The summed E-state index contributed by atoms with van der Waals surface area (Å²) < 4.78 is 10.2. The number of fused-ring (bicyclic) bond motifs is 1. The molecule has 0 saturated carbocycles. The van der Waals surface area contributed by atoms with Crippen molar-refractivity contribution >= 4 is 22.8 Å². The van der Waals surface area contributed by atoms with Crippen LogP contribution in [0.15, 0.2) is 69.9 Å². The van der Waals surface area contributed by atoms with Crippen molar-refractivity contribution in [1.82, 2.24) is 0 Å². The van der Waals surface area contributed by atoms with Crippen molar-refractivity contribution in [3.63, 3.8) is 0 Å². The second-order valence-electron chi connectivity index (χ2n) is 4.96. The van der Waals surface area contributed by atoms with E-state index in [0.29, 0.717) is 11.0 Å². The molecule has 0 atom stereocenters. The normalized spacial score (nSPS) is 11.0. The molecule has 0 aliphatic heterocycles. The number of carbonyl (C=O) groups is 1. The molecule has 2 aromatic carbocycles. The standard InChI is InChI=1S/C19H14O4/c1-22-15-9-6-13(7-10-15)8-11-17(20)16-12-14-4-2-3-5-18(14)23-19(16)21/h2-12H,1H3/b11-8+. The Morgan fingerprint density at radius 3 is 2.57 bits per heavy atom. The van der Waals surface area contributed by atoms with Crippen LogP contribution in [0.5, 0.6) is 5.75 Å². The van der Waals surface area contributed by atoms with E-state index in [1.807, 2.05) is 18.2 Å². The Hall–Kier alpha value is -3.14. The van der Waals surface area contributed by atoms with Gasteiger partial charge in [0, 0.05) is 5.39 Å². The van der Waals surface area contributed by atoms with E-state index in [0.717, 1.165) is 11.3 Å². The van der Waals surface area contributed by atoms with E-state index in [1.54, 1.807) is 49.6 Å². The number of hydrogen-bond acceptors (Lipinski definition) is 4. The largest absolute Gasteiger partial charge is 0.497 e. The molecule has 4 heteroatoms. The molecule has 0 bridgehead atoms. The number of hydrogen-bond donors (Lipinski definition) is 0. The van der Waals surface area contributed by atoms with Gasteiger partial charge < -0.3 is 9.15 Å². The fourth-order valence-electron chi connectivity index (χ4n) is 2.21. The van der Waals surface area contributed by atoms with Crippen LogP contribution in [0.4, 0.5) is 0 Å². The second-order valence-corrected chi connectivity index (χ2v) is 4.96. The average Bonchev–Trinajstić information content (AvgIpc) is 2.59. The van der Waals surface area contributed by atoms with Crippen LogP contribution in [-0.4, -0.2) is 12.9 Å². The summed E-state index contributed by atoms with van der Waals surface area (Å²) in [7, 11) is 1.59. The van der Waals surface area contributed by atoms with Crippen LogP contribution in [0, 0.1) is 0 Å². The van der Waals surface area contributed by atoms with Crippen molar-refractivity contribution in [2.75, 3.05) is 7.11 Å². The summed E-state index contributed by atoms with van der Waals surface area (Å²) in [6, 6.07) is 15.9. The number of carbonyl (C=O) groups excluding carboxylic acids is 1. The number of methoxy groups -OCH3 is 1. The van der Waals surface area contributed by atoms with Gasteiger partial charge in [0.1, 0.15) is 16.9 Å². The Morgan fingerprint density at radius 1 is 1.09 bits per heavy atom. The van der Waals surface area contributed by atoms with Gasteiger partial charge in [-0.15, -0.1) is 0 Å². The molecule has 0 unspecified atom stereocenters. The predicted molar refractivity (Wildman–Crippen MR) is 88.8 cm³/mol. The van der Waals surface area contributed by atoms with Gasteiger partial charge >= 0.3 is 5.63 Å². The van der Waals surface area contributed by atoms with E-state index in [-0.39, 0.29) is 11.3 Å². The fourth-order valence-corrected chi connectivity index (χ4v) is 2.21. The van der Waals surface area contributed by atoms with Crippen molar-refractivity contribution < 1.29 is 13.9 Å². The zero-order valence-corrected chi connectivity index (χ0v) is 12.5. The molecular formula is C19H14O4. The van der Waals surface area contributed by atoms with Gasteiger partial charge in [-0.1, -0.05) is 36.4 Å². The molecule has 23 heavy (non-hydrogen) atoms. The second kappa shape index (κ2) is 6.32. The van der Waals surface area contributed by atoms with E-state index in [2.05, 4.69) is 0 Å². The quantitative estimate of drug-likeness (QED) is 0.419. The first-order valence-corrected chi connectivity index (χ1v) is 7.07. The lowest BCUT2D eigenvalue weighted by Gasteiger charge is -2.00. The lowest BCUT2D eigenvalue weighted by atomic mass is 10.1. The highest BCUT2D eigenvalue weighted by Gasteiger charge is 2.10. The summed E-state index contributed by atoms with van der Waals surface area (Å²) in [5.74, 6) is 0.351. The van der Waals surface area contributed by atoms with Gasteiger partial charge in [-0.2, -0.15) is 0 Å². The molecule has 114 valence electrons. The summed E-state index contributed by atoms with van der Waals surface area (Å²) in [6.45, 7) is 0. The van der Waals surface area contributed by atoms with Crippen molar-refractivity contribution in [2.45, 2.75) is 0 Å². The van der Waals surface area contributed by atoms with Crippen LogP contribution in [0.1, 0.15) is 15.9 Å². The van der Waals surface area contributed by atoms with Gasteiger partial charge in [-0.3, -0.25) is 4.79 Å². The maximum Gasteiger partial charge on any atom is 0.347 e. The third-order valence-corrected chi connectivity index (χ3v) is 3.45. The van der Waals surface area contributed by atoms with E-state index in [1.165, 1.54) is 6.08 Å². The maximum atomic E-state index is 12.2. The van der Waals surface area contributed by atoms with E-state index in [4.69, 9.17) is 9.15 Å². The number of benzene rings is 2. The Labute approximate surface area is 132 Å². The lowest BCUT2D eigenvalue weighted by molar-refractivity contribution is 0.104. The molecule has 0 N–H and O–H groups in total. The molecule has 0 saturated heterocycles. The van der Waals surface area contributed by atoms with Gasteiger partial charge in [0.05, 0.1) is 7.11 Å². The summed E-state index contributed by atoms with van der Waals surface area (Å²) in [5, 5.41) is 0.716. The van der Waals surface area contributed by atoms with E-state index < -0.39 is 5.63 Å². The molecule has 1 aromatic heterocycles. The molecule has 1 heterocycles. The summed E-state index contributed by atoms with van der Waals surface area (Å²) in [4.78, 5) is 24.2. The highest BCUT2D eigenvalue weighted by molar-refractivity contribution is 6.07. The average molecular weight is 306 g/mol. The number of para-hydroxylation sites is 1. The topological polar surface area (TPSA) is 56.5 Å². The first-order chi connectivity index (χ1) is 11.2. The monoisotopic (exact) mass is 306 g/mol. The Kier molecular flexibility index (Phi) is 4.06. The molecule has 0 fully saturated rings. The smallest absolute Gasteiger partial charge is 0.347 e. The molecule has 0 aliphatic carbocycles. The zero-order chi connectivity index (χ0) is 16.2. The molecule has 3 rings (SSSR count). The third-order valence-electron chi connectivity index (χ3n) is 3.45. The number of ether oxygens (including phenoxy) is 1. The lowest BCUT2D eigenvalue weighted by Crippen LogP contribution is -2.11. The minimum atomic E-state index is -0.631. The molecular weight excluding hydrogens is 292 g/mol. The Morgan fingerprint density at radius 2 is 1.83 bits per heavy atom. The number of allylic oxidation sites excluding steroid dienone is 1. The molecule has 0 amide bonds. The van der Waals surface area contributed by atoms with E-state index in [9.17, 15) is 9.59 Å². The number of ketones is 1. The third kappa shape index (κ3) is 3.21.